The Morgan fingerprint density at radius 1 is 1.00 bits per heavy atom. The van der Waals surface area contributed by atoms with Gasteiger partial charge in [-0.05, 0) is 50.1 Å². The van der Waals surface area contributed by atoms with Crippen molar-refractivity contribution in [2.24, 2.45) is 4.99 Å². The van der Waals surface area contributed by atoms with Crippen LogP contribution in [0.25, 0.3) is 11.5 Å². The van der Waals surface area contributed by atoms with Gasteiger partial charge in [-0.25, -0.2) is 4.98 Å². The normalized spacial score (nSPS) is 11.3. The Kier molecular flexibility index (Phi) is 8.54. The van der Waals surface area contributed by atoms with Crippen LogP contribution in [0, 0.1) is 6.92 Å². The van der Waals surface area contributed by atoms with E-state index in [-0.39, 0.29) is 0 Å². The first-order valence-corrected chi connectivity index (χ1v) is 10.9. The molecule has 0 amide bonds. The molecule has 3 rings (SSSR count). The van der Waals surface area contributed by atoms with Crippen molar-refractivity contribution in [2.45, 2.75) is 26.7 Å². The van der Waals surface area contributed by atoms with E-state index in [1.807, 2.05) is 30.3 Å². The molecule has 0 aliphatic heterocycles. The minimum atomic E-state index is 0.617. The zero-order chi connectivity index (χ0) is 22.8. The molecule has 0 saturated heterocycles. The van der Waals surface area contributed by atoms with Crippen molar-refractivity contribution in [3.05, 3.63) is 65.5 Å². The third-order valence-electron chi connectivity index (χ3n) is 4.99. The molecule has 0 unspecified atom stereocenters. The maximum atomic E-state index is 5.63. The van der Waals surface area contributed by atoms with Gasteiger partial charge in [0.15, 0.2) is 17.5 Å². The Morgan fingerprint density at radius 2 is 1.78 bits per heavy atom. The van der Waals surface area contributed by atoms with Gasteiger partial charge in [0, 0.05) is 31.6 Å². The summed E-state index contributed by atoms with van der Waals surface area (Å²) in [4.78, 5) is 9.25. The summed E-state index contributed by atoms with van der Waals surface area (Å²) in [5.74, 6) is 2.90. The van der Waals surface area contributed by atoms with Gasteiger partial charge >= 0.3 is 0 Å². The zero-order valence-corrected chi connectivity index (χ0v) is 19.3. The molecule has 7 nitrogen and oxygen atoms in total. The second kappa shape index (κ2) is 11.8. The molecule has 0 fully saturated rings. The fourth-order valence-electron chi connectivity index (χ4n) is 3.24. The lowest BCUT2D eigenvalue weighted by atomic mass is 10.1. The number of hydrogen-bond acceptors (Lipinski definition) is 5. The van der Waals surface area contributed by atoms with Crippen molar-refractivity contribution in [1.82, 2.24) is 15.6 Å². The number of oxazole rings is 1. The van der Waals surface area contributed by atoms with Crippen LogP contribution in [0.5, 0.6) is 11.5 Å². The minimum Gasteiger partial charge on any atom is -0.493 e. The van der Waals surface area contributed by atoms with Gasteiger partial charge in [0.1, 0.15) is 6.26 Å². The molecule has 0 spiro atoms. The molecule has 0 saturated carbocycles. The molecule has 2 N–H and O–H groups in total. The quantitative estimate of drug-likeness (QED) is 0.369. The van der Waals surface area contributed by atoms with E-state index < -0.39 is 0 Å². The smallest absolute Gasteiger partial charge is 0.226 e. The van der Waals surface area contributed by atoms with Crippen LogP contribution in [-0.2, 0) is 12.8 Å². The Morgan fingerprint density at radius 3 is 2.50 bits per heavy atom. The molecular weight excluding hydrogens is 404 g/mol. The number of benzene rings is 2. The first kappa shape index (κ1) is 23.2. The summed E-state index contributed by atoms with van der Waals surface area (Å²) in [6, 6.07) is 14.1. The topological polar surface area (TPSA) is 80.9 Å². The number of hydrogen-bond donors (Lipinski definition) is 2. The molecule has 0 bridgehead atoms. The van der Waals surface area contributed by atoms with Gasteiger partial charge in [-0.15, -0.1) is 0 Å². The summed E-state index contributed by atoms with van der Waals surface area (Å²) in [6.07, 6.45) is 3.26. The predicted molar refractivity (Wildman–Crippen MR) is 128 cm³/mol. The highest BCUT2D eigenvalue weighted by Gasteiger charge is 2.07. The summed E-state index contributed by atoms with van der Waals surface area (Å²) in [5.41, 5.74) is 4.25. The Bertz CT molecular complexity index is 1010. The number of aromatic nitrogens is 1. The number of methoxy groups -OCH3 is 2. The van der Waals surface area contributed by atoms with Crippen molar-refractivity contribution in [1.29, 1.82) is 0 Å². The third kappa shape index (κ3) is 6.51. The molecule has 3 aromatic rings. The minimum absolute atomic E-state index is 0.617. The number of rotatable bonds is 10. The average molecular weight is 437 g/mol. The second-order valence-electron chi connectivity index (χ2n) is 7.39. The highest BCUT2D eigenvalue weighted by atomic mass is 16.5. The molecule has 32 heavy (non-hydrogen) atoms. The highest BCUT2D eigenvalue weighted by molar-refractivity contribution is 5.79. The van der Waals surface area contributed by atoms with Gasteiger partial charge in [-0.3, -0.25) is 4.99 Å². The molecular formula is C25H32N4O3. The fraction of sp³-hybridized carbons (Fsp3) is 0.360. The number of aliphatic imine (C=N–C) groups is 1. The molecule has 0 atom stereocenters. The number of nitrogens with zero attached hydrogens (tertiary/aromatic N) is 2. The maximum absolute atomic E-state index is 5.63. The monoisotopic (exact) mass is 436 g/mol. The number of ether oxygens (including phenoxy) is 2. The Balaban J connectivity index is 1.51. The molecule has 0 aliphatic carbocycles. The Hall–Kier alpha value is -3.48. The molecule has 170 valence electrons. The van der Waals surface area contributed by atoms with Crippen molar-refractivity contribution in [3.8, 4) is 23.0 Å². The van der Waals surface area contributed by atoms with Crippen LogP contribution < -0.4 is 20.1 Å². The average Bonchev–Trinajstić information content (AvgIpc) is 3.28. The van der Waals surface area contributed by atoms with Crippen LogP contribution in [0.4, 0.5) is 0 Å². The van der Waals surface area contributed by atoms with Crippen molar-refractivity contribution < 1.29 is 13.9 Å². The van der Waals surface area contributed by atoms with Crippen LogP contribution in [0.3, 0.4) is 0 Å². The van der Waals surface area contributed by atoms with Gasteiger partial charge in [-0.1, -0.05) is 23.8 Å². The summed E-state index contributed by atoms with van der Waals surface area (Å²) < 4.78 is 16.3. The first-order chi connectivity index (χ1) is 15.6. The van der Waals surface area contributed by atoms with Gasteiger partial charge < -0.3 is 24.5 Å². The van der Waals surface area contributed by atoms with E-state index in [1.165, 1.54) is 5.56 Å². The van der Waals surface area contributed by atoms with Crippen LogP contribution in [0.1, 0.15) is 23.7 Å². The largest absolute Gasteiger partial charge is 0.493 e. The third-order valence-corrected chi connectivity index (χ3v) is 4.99. The number of guanidine groups is 1. The summed E-state index contributed by atoms with van der Waals surface area (Å²) in [6.45, 7) is 6.28. The second-order valence-corrected chi connectivity index (χ2v) is 7.39. The standard InChI is InChI=1S/C25H32N4O3/c1-5-26-25(27-14-12-19-8-11-22(30-3)23(16-19)31-4)28-15-13-21-17-32-24(29-21)20-9-6-18(2)7-10-20/h6-11,16-17H,5,12-15H2,1-4H3,(H2,26,27,28). The lowest BCUT2D eigenvalue weighted by molar-refractivity contribution is 0.354. The van der Waals surface area contributed by atoms with Crippen LogP contribution in [-0.4, -0.2) is 44.8 Å². The van der Waals surface area contributed by atoms with E-state index in [0.717, 1.165) is 53.8 Å². The van der Waals surface area contributed by atoms with Crippen molar-refractivity contribution >= 4 is 5.96 Å². The molecule has 1 aromatic heterocycles. The Labute approximate surface area is 189 Å². The van der Waals surface area contributed by atoms with Gasteiger partial charge in [0.05, 0.1) is 19.9 Å². The van der Waals surface area contributed by atoms with E-state index in [1.54, 1.807) is 20.5 Å². The fourth-order valence-corrected chi connectivity index (χ4v) is 3.24. The summed E-state index contributed by atoms with van der Waals surface area (Å²) in [7, 11) is 3.29. The summed E-state index contributed by atoms with van der Waals surface area (Å²) in [5, 5.41) is 6.66. The maximum Gasteiger partial charge on any atom is 0.226 e. The number of aryl methyl sites for hydroxylation is 1. The van der Waals surface area contributed by atoms with Gasteiger partial charge in [0.25, 0.3) is 0 Å². The van der Waals surface area contributed by atoms with Gasteiger partial charge in [-0.2, -0.15) is 0 Å². The molecule has 1 heterocycles. The molecule has 7 heteroatoms. The lowest BCUT2D eigenvalue weighted by Gasteiger charge is -2.12. The lowest BCUT2D eigenvalue weighted by Crippen LogP contribution is -2.38. The van der Waals surface area contributed by atoms with E-state index in [0.29, 0.717) is 18.9 Å². The number of nitrogens with one attached hydrogen (secondary N) is 2. The van der Waals surface area contributed by atoms with Crippen LogP contribution in [0.2, 0.25) is 0 Å². The van der Waals surface area contributed by atoms with Crippen molar-refractivity contribution in [3.63, 3.8) is 0 Å². The van der Waals surface area contributed by atoms with Gasteiger partial charge in [0.2, 0.25) is 5.89 Å². The highest BCUT2D eigenvalue weighted by Crippen LogP contribution is 2.27. The van der Waals surface area contributed by atoms with E-state index in [9.17, 15) is 0 Å². The van der Waals surface area contributed by atoms with E-state index in [4.69, 9.17) is 13.9 Å². The first-order valence-electron chi connectivity index (χ1n) is 10.9. The van der Waals surface area contributed by atoms with E-state index in [2.05, 4.69) is 46.6 Å². The van der Waals surface area contributed by atoms with E-state index >= 15 is 0 Å². The summed E-state index contributed by atoms with van der Waals surface area (Å²) >= 11 is 0. The molecule has 0 aliphatic rings. The predicted octanol–water partition coefficient (Wildman–Crippen LogP) is 4.01. The van der Waals surface area contributed by atoms with Crippen molar-refractivity contribution in [2.75, 3.05) is 33.9 Å². The molecule has 2 aromatic carbocycles. The molecule has 0 radical (unpaired) electrons. The van der Waals surface area contributed by atoms with Crippen LogP contribution >= 0.6 is 0 Å². The SMILES string of the molecule is CCNC(=NCCc1coc(-c2ccc(C)cc2)n1)NCCc1ccc(OC)c(OC)c1. The van der Waals surface area contributed by atoms with Crippen LogP contribution in [0.15, 0.2) is 58.1 Å². The zero-order valence-electron chi connectivity index (χ0n) is 19.3.